The number of carbonyl (C=O) groups is 1. The topological polar surface area (TPSA) is 55.6 Å². The summed E-state index contributed by atoms with van der Waals surface area (Å²) in [5, 5.41) is 0. The van der Waals surface area contributed by atoms with Gasteiger partial charge in [-0.25, -0.2) is 0 Å². The van der Waals surface area contributed by atoms with Gasteiger partial charge in [0.15, 0.2) is 0 Å². The van der Waals surface area contributed by atoms with Crippen molar-refractivity contribution in [3.05, 3.63) is 0 Å². The van der Waals surface area contributed by atoms with Crippen molar-refractivity contribution in [2.45, 2.75) is 46.6 Å². The third-order valence-corrected chi connectivity index (χ3v) is 5.49. The minimum Gasteiger partial charge on any atom is -0.377 e. The van der Waals surface area contributed by atoms with Gasteiger partial charge in [-0.3, -0.25) is 4.79 Å². The Morgan fingerprint density at radius 2 is 1.74 bits per heavy atom. The highest BCUT2D eigenvalue weighted by Gasteiger charge is 2.68. The van der Waals surface area contributed by atoms with Crippen LogP contribution in [0.1, 0.15) is 40.5 Å². The predicted octanol–water partition coefficient (Wildman–Crippen LogP) is 1.63. The average Bonchev–Trinajstić information content (AvgIpc) is 2.77. The van der Waals surface area contributed by atoms with Gasteiger partial charge < -0.3 is 15.4 Å². The number of hydrogen-bond acceptors (Lipinski definition) is 3. The molecule has 1 aliphatic heterocycles. The van der Waals surface area contributed by atoms with Gasteiger partial charge in [0.2, 0.25) is 5.91 Å². The van der Waals surface area contributed by atoms with Gasteiger partial charge in [-0.15, -0.1) is 0 Å². The van der Waals surface area contributed by atoms with E-state index in [1.165, 1.54) is 0 Å². The summed E-state index contributed by atoms with van der Waals surface area (Å²) in [6.45, 7) is 11.7. The van der Waals surface area contributed by atoms with Crippen LogP contribution in [-0.4, -0.2) is 43.2 Å². The molecule has 2 aliphatic rings. The van der Waals surface area contributed by atoms with Crippen molar-refractivity contribution in [2.24, 2.45) is 22.5 Å². The molecule has 1 heterocycles. The average molecular weight is 268 g/mol. The summed E-state index contributed by atoms with van der Waals surface area (Å²) in [4.78, 5) is 14.6. The maximum Gasteiger partial charge on any atom is 0.226 e. The van der Waals surface area contributed by atoms with Crippen LogP contribution < -0.4 is 5.73 Å². The van der Waals surface area contributed by atoms with Gasteiger partial charge in [-0.1, -0.05) is 27.7 Å². The van der Waals surface area contributed by atoms with Crippen LogP contribution in [0.15, 0.2) is 0 Å². The monoisotopic (exact) mass is 268 g/mol. The van der Waals surface area contributed by atoms with Crippen molar-refractivity contribution in [2.75, 3.05) is 26.2 Å². The standard InChI is InChI=1S/C15H28N2O2/c1-14(2)12(15(14,3)4)13(18)17-8-5-11(6-9-17)19-10-7-16/h11-12H,5-10,16H2,1-4H3. The molecule has 1 saturated carbocycles. The van der Waals surface area contributed by atoms with Crippen LogP contribution in [-0.2, 0) is 9.53 Å². The van der Waals surface area contributed by atoms with E-state index in [9.17, 15) is 4.79 Å². The number of piperidine rings is 1. The van der Waals surface area contributed by atoms with Crippen LogP contribution in [0, 0.1) is 16.7 Å². The lowest BCUT2D eigenvalue weighted by atomic mass is 10.0. The molecule has 1 saturated heterocycles. The van der Waals surface area contributed by atoms with E-state index in [1.54, 1.807) is 0 Å². The summed E-state index contributed by atoms with van der Waals surface area (Å²) in [6, 6.07) is 0. The molecule has 1 amide bonds. The van der Waals surface area contributed by atoms with E-state index < -0.39 is 0 Å². The number of ether oxygens (including phenoxy) is 1. The molecule has 19 heavy (non-hydrogen) atoms. The maximum absolute atomic E-state index is 12.6. The van der Waals surface area contributed by atoms with Crippen LogP contribution in [0.25, 0.3) is 0 Å². The highest BCUT2D eigenvalue weighted by molar-refractivity contribution is 5.84. The lowest BCUT2D eigenvalue weighted by Gasteiger charge is -2.32. The van der Waals surface area contributed by atoms with E-state index >= 15 is 0 Å². The Hall–Kier alpha value is -0.610. The Bertz CT molecular complexity index is 330. The van der Waals surface area contributed by atoms with Crippen molar-refractivity contribution in [3.8, 4) is 0 Å². The molecular weight excluding hydrogens is 240 g/mol. The number of rotatable bonds is 4. The Labute approximate surface area is 116 Å². The first-order valence-corrected chi connectivity index (χ1v) is 7.43. The van der Waals surface area contributed by atoms with Crippen LogP contribution in [0.5, 0.6) is 0 Å². The van der Waals surface area contributed by atoms with Crippen LogP contribution >= 0.6 is 0 Å². The first-order chi connectivity index (χ1) is 8.82. The predicted molar refractivity (Wildman–Crippen MR) is 75.7 cm³/mol. The molecule has 4 heteroatoms. The van der Waals surface area contributed by atoms with Crippen molar-refractivity contribution < 1.29 is 9.53 Å². The molecule has 0 aromatic rings. The van der Waals surface area contributed by atoms with Crippen LogP contribution in [0.4, 0.5) is 0 Å². The van der Waals surface area contributed by atoms with Gasteiger partial charge in [0.25, 0.3) is 0 Å². The highest BCUT2D eigenvalue weighted by Crippen LogP contribution is 2.68. The van der Waals surface area contributed by atoms with E-state index in [-0.39, 0.29) is 22.9 Å². The third kappa shape index (κ3) is 2.52. The Kier molecular flexibility index (Phi) is 3.94. The quantitative estimate of drug-likeness (QED) is 0.843. The van der Waals surface area contributed by atoms with E-state index in [0.29, 0.717) is 19.1 Å². The first-order valence-electron chi connectivity index (χ1n) is 7.43. The van der Waals surface area contributed by atoms with E-state index in [0.717, 1.165) is 25.9 Å². The van der Waals surface area contributed by atoms with Crippen molar-refractivity contribution >= 4 is 5.91 Å². The fraction of sp³-hybridized carbons (Fsp3) is 0.933. The van der Waals surface area contributed by atoms with Gasteiger partial charge in [-0.2, -0.15) is 0 Å². The largest absolute Gasteiger partial charge is 0.377 e. The Morgan fingerprint density at radius 1 is 1.21 bits per heavy atom. The molecule has 2 N–H and O–H groups in total. The smallest absolute Gasteiger partial charge is 0.226 e. The summed E-state index contributed by atoms with van der Waals surface area (Å²) < 4.78 is 5.66. The second-order valence-corrected chi connectivity index (χ2v) is 7.06. The molecule has 0 radical (unpaired) electrons. The fourth-order valence-electron chi connectivity index (χ4n) is 3.47. The molecule has 0 aromatic heterocycles. The van der Waals surface area contributed by atoms with E-state index in [4.69, 9.17) is 10.5 Å². The zero-order valence-electron chi connectivity index (χ0n) is 12.7. The molecule has 0 spiro atoms. The molecule has 0 unspecified atom stereocenters. The second-order valence-electron chi connectivity index (χ2n) is 7.06. The maximum atomic E-state index is 12.6. The minimum atomic E-state index is 0.136. The zero-order valence-corrected chi connectivity index (χ0v) is 12.7. The summed E-state index contributed by atoms with van der Waals surface area (Å²) in [7, 11) is 0. The summed E-state index contributed by atoms with van der Waals surface area (Å²) in [5.41, 5.74) is 5.71. The number of carbonyl (C=O) groups excluding carboxylic acids is 1. The van der Waals surface area contributed by atoms with Crippen LogP contribution in [0.3, 0.4) is 0 Å². The Balaban J connectivity index is 1.84. The number of amides is 1. The highest BCUT2D eigenvalue weighted by atomic mass is 16.5. The molecule has 2 fully saturated rings. The van der Waals surface area contributed by atoms with E-state index in [2.05, 4.69) is 27.7 Å². The summed E-state index contributed by atoms with van der Waals surface area (Å²) in [5.74, 6) is 0.522. The normalized spacial score (nSPS) is 26.5. The van der Waals surface area contributed by atoms with Gasteiger partial charge in [0.1, 0.15) is 0 Å². The fourth-order valence-corrected chi connectivity index (χ4v) is 3.47. The minimum absolute atomic E-state index is 0.136. The van der Waals surface area contributed by atoms with Crippen LogP contribution in [0.2, 0.25) is 0 Å². The van der Waals surface area contributed by atoms with Gasteiger partial charge in [0, 0.05) is 25.6 Å². The second kappa shape index (κ2) is 5.06. The molecule has 0 atom stereocenters. The Morgan fingerprint density at radius 3 is 2.16 bits per heavy atom. The van der Waals surface area contributed by atoms with Crippen molar-refractivity contribution in [1.82, 2.24) is 4.90 Å². The number of nitrogens with two attached hydrogens (primary N) is 1. The first kappa shape index (κ1) is 14.8. The van der Waals surface area contributed by atoms with Crippen molar-refractivity contribution in [3.63, 3.8) is 0 Å². The molecule has 110 valence electrons. The number of hydrogen-bond donors (Lipinski definition) is 1. The molecule has 4 nitrogen and oxygen atoms in total. The van der Waals surface area contributed by atoms with E-state index in [1.807, 2.05) is 4.90 Å². The van der Waals surface area contributed by atoms with Gasteiger partial charge >= 0.3 is 0 Å². The lowest BCUT2D eigenvalue weighted by Crippen LogP contribution is -2.42. The van der Waals surface area contributed by atoms with Gasteiger partial charge in [0.05, 0.1) is 12.7 Å². The number of nitrogens with zero attached hydrogens (tertiary/aromatic N) is 1. The summed E-state index contributed by atoms with van der Waals surface area (Å²) in [6.07, 6.45) is 2.17. The van der Waals surface area contributed by atoms with Gasteiger partial charge in [-0.05, 0) is 23.7 Å². The third-order valence-electron chi connectivity index (χ3n) is 5.49. The SMILES string of the molecule is CC1(C)C(C(=O)N2CCC(OCCN)CC2)C1(C)C. The summed E-state index contributed by atoms with van der Waals surface area (Å²) >= 11 is 0. The molecule has 1 aliphatic carbocycles. The molecule has 2 rings (SSSR count). The molecular formula is C15H28N2O2. The number of likely N-dealkylation sites (tertiary alicyclic amines) is 1. The van der Waals surface area contributed by atoms with Crippen molar-refractivity contribution in [1.29, 1.82) is 0 Å². The lowest BCUT2D eigenvalue weighted by molar-refractivity contribution is -0.136. The zero-order chi connectivity index (χ0) is 14.3. The molecule has 0 aromatic carbocycles. The molecule has 0 bridgehead atoms.